The van der Waals surface area contributed by atoms with E-state index < -0.39 is 11.6 Å². The van der Waals surface area contributed by atoms with E-state index in [2.05, 4.69) is 5.32 Å². The van der Waals surface area contributed by atoms with E-state index in [4.69, 9.17) is 5.11 Å². The Morgan fingerprint density at radius 1 is 1.06 bits per heavy atom. The second-order valence-corrected chi connectivity index (χ2v) is 3.95. The molecule has 2 aromatic carbocycles. The summed E-state index contributed by atoms with van der Waals surface area (Å²) in [5, 5.41) is 12.0. The predicted molar refractivity (Wildman–Crippen MR) is 66.0 cm³/mol. The maximum atomic E-state index is 13.4. The first-order chi connectivity index (χ1) is 8.69. The highest BCUT2D eigenvalue weighted by Gasteiger charge is 2.03. The van der Waals surface area contributed by atoms with Crippen LogP contribution in [0.4, 0.5) is 14.5 Å². The fourth-order valence-corrected chi connectivity index (χ4v) is 1.64. The topological polar surface area (TPSA) is 32.3 Å². The van der Waals surface area contributed by atoms with Gasteiger partial charge >= 0.3 is 0 Å². The SMILES string of the molecule is OCc1cccc(NCc2ccc(F)cc2F)c1. The van der Waals surface area contributed by atoms with Gasteiger partial charge in [-0.15, -0.1) is 0 Å². The number of aliphatic hydroxyl groups is 1. The lowest BCUT2D eigenvalue weighted by Gasteiger charge is -2.08. The Morgan fingerprint density at radius 2 is 1.89 bits per heavy atom. The van der Waals surface area contributed by atoms with E-state index in [-0.39, 0.29) is 13.2 Å². The first kappa shape index (κ1) is 12.5. The molecule has 0 saturated heterocycles. The molecule has 0 amide bonds. The summed E-state index contributed by atoms with van der Waals surface area (Å²) in [5.41, 5.74) is 1.95. The van der Waals surface area contributed by atoms with Gasteiger partial charge in [0.1, 0.15) is 11.6 Å². The van der Waals surface area contributed by atoms with Crippen LogP contribution in [0.1, 0.15) is 11.1 Å². The van der Waals surface area contributed by atoms with Crippen LogP contribution < -0.4 is 5.32 Å². The molecule has 2 nitrogen and oxygen atoms in total. The van der Waals surface area contributed by atoms with E-state index in [1.807, 2.05) is 6.07 Å². The number of benzene rings is 2. The number of nitrogens with one attached hydrogen (secondary N) is 1. The molecule has 0 saturated carbocycles. The first-order valence-electron chi connectivity index (χ1n) is 5.56. The van der Waals surface area contributed by atoms with Gasteiger partial charge in [0.15, 0.2) is 0 Å². The lowest BCUT2D eigenvalue weighted by molar-refractivity contribution is 0.282. The summed E-state index contributed by atoms with van der Waals surface area (Å²) >= 11 is 0. The van der Waals surface area contributed by atoms with Gasteiger partial charge in [0.05, 0.1) is 6.61 Å². The maximum absolute atomic E-state index is 13.4. The van der Waals surface area contributed by atoms with E-state index in [0.29, 0.717) is 5.56 Å². The van der Waals surface area contributed by atoms with Gasteiger partial charge in [-0.05, 0) is 23.8 Å². The van der Waals surface area contributed by atoms with Crippen LogP contribution in [0.3, 0.4) is 0 Å². The Hall–Kier alpha value is -1.94. The van der Waals surface area contributed by atoms with E-state index in [9.17, 15) is 8.78 Å². The second kappa shape index (κ2) is 5.60. The number of hydrogen-bond acceptors (Lipinski definition) is 2. The molecule has 0 aliphatic rings. The third-order valence-electron chi connectivity index (χ3n) is 2.61. The zero-order valence-electron chi connectivity index (χ0n) is 9.66. The zero-order valence-corrected chi connectivity index (χ0v) is 9.66. The minimum Gasteiger partial charge on any atom is -0.392 e. The Kier molecular flexibility index (Phi) is 3.89. The van der Waals surface area contributed by atoms with Crippen LogP contribution in [0.2, 0.25) is 0 Å². The molecule has 0 unspecified atom stereocenters. The molecule has 0 atom stereocenters. The van der Waals surface area contributed by atoms with Gasteiger partial charge in [0.2, 0.25) is 0 Å². The largest absolute Gasteiger partial charge is 0.392 e. The van der Waals surface area contributed by atoms with Crippen molar-refractivity contribution in [3.8, 4) is 0 Å². The fourth-order valence-electron chi connectivity index (χ4n) is 1.64. The van der Waals surface area contributed by atoms with E-state index >= 15 is 0 Å². The fraction of sp³-hybridized carbons (Fsp3) is 0.143. The van der Waals surface area contributed by atoms with Crippen LogP contribution >= 0.6 is 0 Å². The summed E-state index contributed by atoms with van der Waals surface area (Å²) in [7, 11) is 0. The average molecular weight is 249 g/mol. The van der Waals surface area contributed by atoms with E-state index in [1.165, 1.54) is 12.1 Å². The summed E-state index contributed by atoms with van der Waals surface area (Å²) in [6.07, 6.45) is 0. The maximum Gasteiger partial charge on any atom is 0.131 e. The predicted octanol–water partition coefficient (Wildman–Crippen LogP) is 3.07. The number of hydrogen-bond donors (Lipinski definition) is 2. The van der Waals surface area contributed by atoms with Gasteiger partial charge in [-0.3, -0.25) is 0 Å². The standard InChI is InChI=1S/C14H13F2NO/c15-12-5-4-11(14(16)7-12)8-17-13-3-1-2-10(6-13)9-18/h1-7,17-18H,8-9H2. The van der Waals surface area contributed by atoms with Crippen LogP contribution in [0, 0.1) is 11.6 Å². The summed E-state index contributed by atoms with van der Waals surface area (Å²) < 4.78 is 26.1. The lowest BCUT2D eigenvalue weighted by Crippen LogP contribution is -2.02. The summed E-state index contributed by atoms with van der Waals surface area (Å²) in [6.45, 7) is 0.224. The third-order valence-corrected chi connectivity index (χ3v) is 2.61. The monoisotopic (exact) mass is 249 g/mol. The molecular formula is C14H13F2NO. The van der Waals surface area contributed by atoms with Crippen molar-refractivity contribution in [2.24, 2.45) is 0 Å². The Labute approximate surface area is 104 Å². The van der Waals surface area contributed by atoms with Crippen molar-refractivity contribution in [2.75, 3.05) is 5.32 Å². The quantitative estimate of drug-likeness (QED) is 0.872. The van der Waals surface area contributed by atoms with Gasteiger partial charge in [0.25, 0.3) is 0 Å². The van der Waals surface area contributed by atoms with Gasteiger partial charge < -0.3 is 10.4 Å². The minimum absolute atomic E-state index is 0.0412. The van der Waals surface area contributed by atoms with Crippen LogP contribution in [-0.4, -0.2) is 5.11 Å². The molecule has 0 fully saturated rings. The molecule has 2 N–H and O–H groups in total. The molecule has 0 heterocycles. The average Bonchev–Trinajstić information content (AvgIpc) is 2.38. The number of aliphatic hydroxyl groups excluding tert-OH is 1. The summed E-state index contributed by atoms with van der Waals surface area (Å²) in [5.74, 6) is -1.15. The van der Waals surface area contributed by atoms with Gasteiger partial charge in [-0.2, -0.15) is 0 Å². The van der Waals surface area contributed by atoms with Crippen molar-refractivity contribution in [3.63, 3.8) is 0 Å². The molecule has 18 heavy (non-hydrogen) atoms. The molecule has 0 aliphatic carbocycles. The van der Waals surface area contributed by atoms with Crippen molar-refractivity contribution in [3.05, 3.63) is 65.2 Å². The Bertz CT molecular complexity index is 543. The molecule has 4 heteroatoms. The normalized spacial score (nSPS) is 10.4. The highest BCUT2D eigenvalue weighted by molar-refractivity contribution is 5.46. The summed E-state index contributed by atoms with van der Waals surface area (Å²) in [4.78, 5) is 0. The molecule has 0 radical (unpaired) electrons. The smallest absolute Gasteiger partial charge is 0.131 e. The van der Waals surface area contributed by atoms with Crippen LogP contribution in [0.25, 0.3) is 0 Å². The molecule has 94 valence electrons. The van der Waals surface area contributed by atoms with Crippen molar-refractivity contribution in [1.29, 1.82) is 0 Å². The van der Waals surface area contributed by atoms with Gasteiger partial charge in [0, 0.05) is 23.9 Å². The molecule has 0 spiro atoms. The van der Waals surface area contributed by atoms with Crippen molar-refractivity contribution in [2.45, 2.75) is 13.2 Å². The number of anilines is 1. The Morgan fingerprint density at radius 3 is 2.61 bits per heavy atom. The number of halogens is 2. The zero-order chi connectivity index (χ0) is 13.0. The van der Waals surface area contributed by atoms with E-state index in [1.54, 1.807) is 18.2 Å². The van der Waals surface area contributed by atoms with Crippen molar-refractivity contribution < 1.29 is 13.9 Å². The number of rotatable bonds is 4. The van der Waals surface area contributed by atoms with E-state index in [0.717, 1.165) is 17.3 Å². The highest BCUT2D eigenvalue weighted by Crippen LogP contribution is 2.14. The van der Waals surface area contributed by atoms with Crippen molar-refractivity contribution >= 4 is 5.69 Å². The molecule has 2 rings (SSSR count). The van der Waals surface area contributed by atoms with Crippen LogP contribution in [0.5, 0.6) is 0 Å². The van der Waals surface area contributed by atoms with Crippen LogP contribution in [-0.2, 0) is 13.2 Å². The second-order valence-electron chi connectivity index (χ2n) is 3.95. The van der Waals surface area contributed by atoms with Crippen molar-refractivity contribution in [1.82, 2.24) is 0 Å². The minimum atomic E-state index is -0.585. The van der Waals surface area contributed by atoms with Gasteiger partial charge in [-0.1, -0.05) is 18.2 Å². The lowest BCUT2D eigenvalue weighted by atomic mass is 10.2. The first-order valence-corrected chi connectivity index (χ1v) is 5.56. The molecule has 0 aromatic heterocycles. The third kappa shape index (κ3) is 3.05. The van der Waals surface area contributed by atoms with Crippen LogP contribution in [0.15, 0.2) is 42.5 Å². The molecule has 0 aliphatic heterocycles. The Balaban J connectivity index is 2.06. The summed E-state index contributed by atoms with van der Waals surface area (Å²) in [6, 6.07) is 10.7. The molecule has 2 aromatic rings. The molecule has 0 bridgehead atoms. The molecular weight excluding hydrogens is 236 g/mol. The highest BCUT2D eigenvalue weighted by atomic mass is 19.1. The van der Waals surface area contributed by atoms with Gasteiger partial charge in [-0.25, -0.2) is 8.78 Å².